The second-order valence-electron chi connectivity index (χ2n) is 5.36. The van der Waals surface area contributed by atoms with Crippen molar-refractivity contribution in [3.63, 3.8) is 0 Å². The normalized spacial score (nSPS) is 11.4. The minimum atomic E-state index is -4.11. The van der Waals surface area contributed by atoms with Crippen LogP contribution in [0.1, 0.15) is 0 Å². The maximum atomic E-state index is 11.9. The number of quaternary nitrogens is 1. The van der Waals surface area contributed by atoms with Crippen molar-refractivity contribution in [3.8, 4) is 0 Å². The Hall–Kier alpha value is -0.402. The van der Waals surface area contributed by atoms with Gasteiger partial charge >= 0.3 is 186 Å². The van der Waals surface area contributed by atoms with Gasteiger partial charge in [-0.3, -0.25) is 0 Å². The van der Waals surface area contributed by atoms with Gasteiger partial charge in [-0.25, -0.2) is 0 Å². The molecule has 0 fully saturated rings. The Kier molecular flexibility index (Phi) is 6.83. The summed E-state index contributed by atoms with van der Waals surface area (Å²) in [6, 6.07) is 22.5. The summed E-state index contributed by atoms with van der Waals surface area (Å²) >= 11 is 6.19. The van der Waals surface area contributed by atoms with Gasteiger partial charge in [-0.15, -0.1) is 0 Å². The summed E-state index contributed by atoms with van der Waals surface area (Å²) in [6.07, 6.45) is 0. The topological polar surface area (TPSA) is 46.5 Å². The van der Waals surface area contributed by atoms with Crippen molar-refractivity contribution in [2.75, 3.05) is 0 Å². The van der Waals surface area contributed by atoms with E-state index in [0.29, 0.717) is 0 Å². The first-order valence-corrected chi connectivity index (χ1v) is 13.1. The summed E-state index contributed by atoms with van der Waals surface area (Å²) in [7, 11) is 0. The summed E-state index contributed by atoms with van der Waals surface area (Å²) < 4.78 is 30.0. The SMILES string of the molecule is [O]=[Sb]([OH])[O][N+](c1ccc(Br)cc1)(c1ccc(Br)cc1)c1ccc(Br)cc1. The van der Waals surface area contributed by atoms with E-state index in [-0.39, 0.29) is 4.65 Å². The van der Waals surface area contributed by atoms with Crippen LogP contribution in [0.5, 0.6) is 0 Å². The predicted octanol–water partition coefficient (Wildman–Crippen LogP) is 6.28. The number of halogens is 3. The third-order valence-electron chi connectivity index (χ3n) is 3.76. The molecule has 3 aromatic rings. The first kappa shape index (κ1) is 20.3. The molecule has 0 aliphatic carbocycles. The Morgan fingerprint density at radius 1 is 0.654 bits per heavy atom. The van der Waals surface area contributed by atoms with Crippen molar-refractivity contribution < 1.29 is 9.52 Å². The summed E-state index contributed by atoms with van der Waals surface area (Å²) in [6.45, 7) is 0. The number of hydrogen-bond donors (Lipinski definition) is 1. The molecule has 0 saturated carbocycles. The Balaban J connectivity index is 2.33. The van der Waals surface area contributed by atoms with Crippen LogP contribution in [0.2, 0.25) is 0 Å². The molecule has 1 radical (unpaired) electrons. The van der Waals surface area contributed by atoms with E-state index < -0.39 is 21.0 Å². The summed E-state index contributed by atoms with van der Waals surface area (Å²) in [5.41, 5.74) is 2.16. The van der Waals surface area contributed by atoms with E-state index in [4.69, 9.17) is 3.12 Å². The van der Waals surface area contributed by atoms with E-state index in [2.05, 4.69) is 47.8 Å². The van der Waals surface area contributed by atoms with Crippen molar-refractivity contribution in [1.82, 2.24) is 4.65 Å². The van der Waals surface area contributed by atoms with E-state index in [1.54, 1.807) is 0 Å². The molecule has 0 aromatic heterocycles. The molecule has 0 heterocycles. The van der Waals surface area contributed by atoms with E-state index in [1.807, 2.05) is 72.8 Å². The fourth-order valence-electron chi connectivity index (χ4n) is 2.65. The second-order valence-corrected chi connectivity index (χ2v) is 9.93. The molecule has 0 spiro atoms. The van der Waals surface area contributed by atoms with Gasteiger partial charge in [0, 0.05) is 0 Å². The number of nitrogens with zero attached hydrogens (tertiary/aromatic N) is 1. The number of hydrogen-bond acceptors (Lipinski definition) is 2. The fraction of sp³-hybridized carbons (Fsp3) is 0. The predicted molar refractivity (Wildman–Crippen MR) is 113 cm³/mol. The van der Waals surface area contributed by atoms with Gasteiger partial charge < -0.3 is 0 Å². The van der Waals surface area contributed by atoms with Gasteiger partial charge in [-0.2, -0.15) is 0 Å². The second kappa shape index (κ2) is 8.74. The molecule has 133 valence electrons. The van der Waals surface area contributed by atoms with Crippen LogP contribution in [0, 0.1) is 0 Å². The molecule has 8 heteroatoms. The molecule has 0 unspecified atom stereocenters. The average molecular weight is 653 g/mol. The summed E-state index contributed by atoms with van der Waals surface area (Å²) in [5, 5.41) is 0. The first-order chi connectivity index (χ1) is 12.4. The first-order valence-electron chi connectivity index (χ1n) is 7.45. The Labute approximate surface area is 184 Å². The van der Waals surface area contributed by atoms with E-state index in [1.165, 1.54) is 0 Å². The average Bonchev–Trinajstić information content (AvgIpc) is 2.62. The molecule has 4 nitrogen and oxygen atoms in total. The van der Waals surface area contributed by atoms with Gasteiger partial charge in [0.1, 0.15) is 0 Å². The van der Waals surface area contributed by atoms with Crippen LogP contribution >= 0.6 is 47.8 Å². The van der Waals surface area contributed by atoms with Crippen molar-refractivity contribution >= 4 is 85.9 Å². The zero-order chi connectivity index (χ0) is 18.7. The van der Waals surface area contributed by atoms with Crippen LogP contribution in [0.15, 0.2) is 86.2 Å². The zero-order valence-electron chi connectivity index (χ0n) is 13.2. The van der Waals surface area contributed by atoms with Crippen LogP contribution in [-0.2, 0) is 6.13 Å². The number of rotatable bonds is 5. The molecule has 26 heavy (non-hydrogen) atoms. The molecule has 0 amide bonds. The summed E-state index contributed by atoms with van der Waals surface area (Å²) in [5.74, 6) is 0. The number of benzene rings is 3. The van der Waals surface area contributed by atoms with Crippen LogP contribution < -0.4 is 4.65 Å². The van der Waals surface area contributed by atoms with Crippen LogP contribution in [0.3, 0.4) is 0 Å². The van der Waals surface area contributed by atoms with Gasteiger partial charge in [0.25, 0.3) is 0 Å². The maximum absolute atomic E-state index is 11.9. The third kappa shape index (κ3) is 4.36. The van der Waals surface area contributed by atoms with Gasteiger partial charge in [0.2, 0.25) is 0 Å². The van der Waals surface area contributed by atoms with Crippen molar-refractivity contribution in [3.05, 3.63) is 86.2 Å². The van der Waals surface area contributed by atoms with Gasteiger partial charge in [-0.05, 0) is 0 Å². The Morgan fingerprint density at radius 2 is 0.923 bits per heavy atom. The molecular formula is C18H13Br3NO3Sb+. The van der Waals surface area contributed by atoms with E-state index in [0.717, 1.165) is 30.5 Å². The molecule has 1 N–H and O–H groups in total. The van der Waals surface area contributed by atoms with Crippen molar-refractivity contribution in [1.29, 1.82) is 0 Å². The van der Waals surface area contributed by atoms with E-state index >= 15 is 0 Å². The Morgan fingerprint density at radius 3 is 1.15 bits per heavy atom. The standard InChI is InChI=1S/C18H12Br3NO.H2O.O.Sb/c19-13-1-7-16(8-2-13)22(23,17-9-3-14(20)4-10-17)18-11-5-15(21)6-12-18;;;/h1-12H;1H2;;/q;;;+2/p-1. The molecule has 0 aliphatic heterocycles. The van der Waals surface area contributed by atoms with Crippen molar-refractivity contribution in [2.45, 2.75) is 0 Å². The quantitative estimate of drug-likeness (QED) is 0.201. The van der Waals surface area contributed by atoms with Gasteiger partial charge in [0.05, 0.1) is 0 Å². The molecular weight excluding hydrogens is 640 g/mol. The zero-order valence-corrected chi connectivity index (χ0v) is 20.5. The fourth-order valence-corrected chi connectivity index (χ4v) is 4.84. The third-order valence-corrected chi connectivity index (χ3v) is 6.45. The van der Waals surface area contributed by atoms with E-state index in [9.17, 15) is 6.40 Å². The monoisotopic (exact) mass is 649 g/mol. The van der Waals surface area contributed by atoms with Crippen molar-refractivity contribution in [2.24, 2.45) is 0 Å². The van der Waals surface area contributed by atoms with Gasteiger partial charge in [-0.1, -0.05) is 0 Å². The molecule has 0 saturated heterocycles. The molecule has 0 aliphatic rings. The summed E-state index contributed by atoms with van der Waals surface area (Å²) in [4.78, 5) is 0. The van der Waals surface area contributed by atoms with Gasteiger partial charge in [0.15, 0.2) is 0 Å². The molecule has 3 rings (SSSR count). The van der Waals surface area contributed by atoms with Crippen LogP contribution in [0.4, 0.5) is 17.1 Å². The Bertz CT molecular complexity index is 805. The van der Waals surface area contributed by atoms with Crippen LogP contribution in [-0.4, -0.2) is 24.4 Å². The van der Waals surface area contributed by atoms with Crippen LogP contribution in [0.25, 0.3) is 0 Å². The molecule has 3 aromatic carbocycles. The minimum absolute atomic E-state index is 0.295. The molecule has 0 atom stereocenters. The molecule has 0 bridgehead atoms.